The number of hydrogen-bond acceptors (Lipinski definition) is 5. The molecule has 1 heterocycles. The highest BCUT2D eigenvalue weighted by Gasteiger charge is 2.35. The van der Waals surface area contributed by atoms with E-state index in [9.17, 15) is 14.9 Å². The number of nitriles is 1. The van der Waals surface area contributed by atoms with Crippen molar-refractivity contribution in [3.8, 4) is 11.8 Å². The summed E-state index contributed by atoms with van der Waals surface area (Å²) in [5.74, 6) is -1.04. The average molecular weight is 352 g/mol. The monoisotopic (exact) mass is 352 g/mol. The number of benzene rings is 1. The van der Waals surface area contributed by atoms with Crippen molar-refractivity contribution in [3.63, 3.8) is 0 Å². The van der Waals surface area contributed by atoms with Gasteiger partial charge in [0.1, 0.15) is 5.54 Å². The summed E-state index contributed by atoms with van der Waals surface area (Å²) in [6.07, 6.45) is 4.80. The normalized spacial score (nSPS) is 15.2. The summed E-state index contributed by atoms with van der Waals surface area (Å²) in [6, 6.07) is 10.8. The van der Waals surface area contributed by atoms with Crippen molar-refractivity contribution in [2.45, 2.75) is 38.1 Å². The predicted molar refractivity (Wildman–Crippen MR) is 93.5 cm³/mol. The Balaban J connectivity index is 1.56. The van der Waals surface area contributed by atoms with Gasteiger partial charge in [-0.25, -0.2) is 9.48 Å². The van der Waals surface area contributed by atoms with E-state index in [2.05, 4.69) is 16.5 Å². The first-order valence-corrected chi connectivity index (χ1v) is 8.53. The number of rotatable bonds is 5. The predicted octanol–water partition coefficient (Wildman–Crippen LogP) is 2.29. The molecule has 1 aromatic carbocycles. The molecule has 134 valence electrons. The smallest absolute Gasteiger partial charge is 0.338 e. The molecule has 1 aliphatic carbocycles. The highest BCUT2D eigenvalue weighted by molar-refractivity contribution is 5.91. The molecular formula is C19H20N4O3. The number of hydrogen-bond donors (Lipinski definition) is 1. The first kappa shape index (κ1) is 17.7. The van der Waals surface area contributed by atoms with Gasteiger partial charge in [-0.05, 0) is 62.9 Å². The van der Waals surface area contributed by atoms with Crippen molar-refractivity contribution in [2.24, 2.45) is 0 Å². The fraction of sp³-hybridized carbons (Fsp3) is 0.368. The number of carbonyl (C=O) groups excluding carboxylic acids is 2. The molecule has 2 aromatic rings. The zero-order valence-electron chi connectivity index (χ0n) is 14.6. The number of nitrogens with one attached hydrogen (secondary N) is 1. The maximum absolute atomic E-state index is 12.1. The van der Waals surface area contributed by atoms with E-state index in [-0.39, 0.29) is 0 Å². The molecule has 1 aliphatic rings. The van der Waals surface area contributed by atoms with E-state index < -0.39 is 24.0 Å². The Morgan fingerprint density at radius 3 is 2.54 bits per heavy atom. The standard InChI is InChI=1S/C19H20N4O3/c1-14-8-11-21-23(14)16-6-4-15(5-7-16)18(25)26-12-17(24)22-19(13-20)9-2-3-10-19/h4-8,11H,2-3,9-10,12H2,1H3,(H,22,24). The molecule has 0 unspecified atom stereocenters. The second-order valence-electron chi connectivity index (χ2n) is 6.46. The van der Waals surface area contributed by atoms with Crippen LogP contribution in [0.1, 0.15) is 41.7 Å². The van der Waals surface area contributed by atoms with E-state index in [1.165, 1.54) is 0 Å². The number of nitrogens with zero attached hydrogens (tertiary/aromatic N) is 3. The highest BCUT2D eigenvalue weighted by Crippen LogP contribution is 2.28. The molecule has 0 radical (unpaired) electrons. The summed E-state index contributed by atoms with van der Waals surface area (Å²) in [6.45, 7) is 1.54. The van der Waals surface area contributed by atoms with Crippen molar-refractivity contribution in [3.05, 3.63) is 47.8 Å². The van der Waals surface area contributed by atoms with Crippen molar-refractivity contribution < 1.29 is 14.3 Å². The molecule has 1 aromatic heterocycles. The van der Waals surface area contributed by atoms with Gasteiger partial charge < -0.3 is 10.1 Å². The summed E-state index contributed by atoms with van der Waals surface area (Å²) in [5.41, 5.74) is 1.35. The minimum atomic E-state index is -0.813. The summed E-state index contributed by atoms with van der Waals surface area (Å²) < 4.78 is 6.82. The van der Waals surface area contributed by atoms with Gasteiger partial charge in [-0.15, -0.1) is 0 Å². The topological polar surface area (TPSA) is 97.0 Å². The third-order valence-corrected chi connectivity index (χ3v) is 4.56. The quantitative estimate of drug-likeness (QED) is 0.833. The Morgan fingerprint density at radius 1 is 1.27 bits per heavy atom. The second-order valence-corrected chi connectivity index (χ2v) is 6.46. The van der Waals surface area contributed by atoms with Gasteiger partial charge in [0.15, 0.2) is 6.61 Å². The van der Waals surface area contributed by atoms with Crippen molar-refractivity contribution >= 4 is 11.9 Å². The minimum absolute atomic E-state index is 0.349. The van der Waals surface area contributed by atoms with Crippen LogP contribution in [0.3, 0.4) is 0 Å². The Kier molecular flexibility index (Phi) is 5.03. The third-order valence-electron chi connectivity index (χ3n) is 4.56. The molecular weight excluding hydrogens is 332 g/mol. The Hall–Kier alpha value is -3.14. The van der Waals surface area contributed by atoms with Crippen molar-refractivity contribution in [1.29, 1.82) is 5.26 Å². The van der Waals surface area contributed by atoms with Crippen LogP contribution in [0.25, 0.3) is 5.69 Å². The largest absolute Gasteiger partial charge is 0.452 e. The summed E-state index contributed by atoms with van der Waals surface area (Å²) in [7, 11) is 0. The van der Waals surface area contributed by atoms with Gasteiger partial charge in [-0.2, -0.15) is 10.4 Å². The van der Waals surface area contributed by atoms with E-state index in [1.807, 2.05) is 13.0 Å². The second kappa shape index (κ2) is 7.40. The molecule has 0 bridgehead atoms. The van der Waals surface area contributed by atoms with Gasteiger partial charge in [-0.1, -0.05) is 0 Å². The molecule has 1 saturated carbocycles. The molecule has 7 nitrogen and oxygen atoms in total. The Labute approximate surface area is 151 Å². The van der Waals surface area contributed by atoms with Gasteiger partial charge in [0.2, 0.25) is 0 Å². The number of ether oxygens (including phenoxy) is 1. The summed E-state index contributed by atoms with van der Waals surface area (Å²) in [4.78, 5) is 24.1. The first-order valence-electron chi connectivity index (χ1n) is 8.53. The lowest BCUT2D eigenvalue weighted by Crippen LogP contribution is -2.46. The van der Waals surface area contributed by atoms with Crippen LogP contribution in [0.5, 0.6) is 0 Å². The van der Waals surface area contributed by atoms with Crippen LogP contribution in [0.15, 0.2) is 36.5 Å². The van der Waals surface area contributed by atoms with E-state index in [0.29, 0.717) is 18.4 Å². The molecule has 26 heavy (non-hydrogen) atoms. The number of aromatic nitrogens is 2. The minimum Gasteiger partial charge on any atom is -0.452 e. The zero-order chi connectivity index (χ0) is 18.6. The SMILES string of the molecule is Cc1ccnn1-c1ccc(C(=O)OCC(=O)NC2(C#N)CCCC2)cc1. The number of esters is 1. The molecule has 1 N–H and O–H groups in total. The first-order chi connectivity index (χ1) is 12.5. The van der Waals surface area contributed by atoms with E-state index in [0.717, 1.165) is 24.2 Å². The number of amides is 1. The van der Waals surface area contributed by atoms with Crippen LogP contribution >= 0.6 is 0 Å². The Bertz CT molecular complexity index is 842. The molecule has 0 spiro atoms. The van der Waals surface area contributed by atoms with Crippen LogP contribution < -0.4 is 5.32 Å². The van der Waals surface area contributed by atoms with Crippen LogP contribution in [0.2, 0.25) is 0 Å². The third kappa shape index (κ3) is 3.75. The van der Waals surface area contributed by atoms with E-state index in [4.69, 9.17) is 4.74 Å². The van der Waals surface area contributed by atoms with Crippen LogP contribution in [0, 0.1) is 18.3 Å². The molecule has 3 rings (SSSR count). The molecule has 0 saturated heterocycles. The fourth-order valence-electron chi connectivity index (χ4n) is 3.14. The summed E-state index contributed by atoms with van der Waals surface area (Å²) in [5, 5.41) is 16.2. The molecule has 7 heteroatoms. The Morgan fingerprint density at radius 2 is 1.96 bits per heavy atom. The highest BCUT2D eigenvalue weighted by atomic mass is 16.5. The molecule has 1 amide bonds. The number of aryl methyl sites for hydroxylation is 1. The van der Waals surface area contributed by atoms with Gasteiger partial charge in [0.05, 0.1) is 17.3 Å². The average Bonchev–Trinajstić information content (AvgIpc) is 3.29. The lowest BCUT2D eigenvalue weighted by atomic mass is 10.00. The molecule has 0 atom stereocenters. The lowest BCUT2D eigenvalue weighted by Gasteiger charge is -2.21. The van der Waals surface area contributed by atoms with Crippen LogP contribution in [0.4, 0.5) is 0 Å². The van der Waals surface area contributed by atoms with Gasteiger partial charge in [0.25, 0.3) is 5.91 Å². The zero-order valence-corrected chi connectivity index (χ0v) is 14.6. The maximum Gasteiger partial charge on any atom is 0.338 e. The van der Waals surface area contributed by atoms with Crippen molar-refractivity contribution in [1.82, 2.24) is 15.1 Å². The molecule has 0 aliphatic heterocycles. The summed E-state index contributed by atoms with van der Waals surface area (Å²) >= 11 is 0. The van der Waals surface area contributed by atoms with Gasteiger partial charge >= 0.3 is 5.97 Å². The van der Waals surface area contributed by atoms with E-state index >= 15 is 0 Å². The van der Waals surface area contributed by atoms with Gasteiger partial charge in [0, 0.05) is 11.9 Å². The maximum atomic E-state index is 12.1. The van der Waals surface area contributed by atoms with Crippen LogP contribution in [-0.4, -0.2) is 33.8 Å². The van der Waals surface area contributed by atoms with Crippen LogP contribution in [-0.2, 0) is 9.53 Å². The van der Waals surface area contributed by atoms with Crippen molar-refractivity contribution in [2.75, 3.05) is 6.61 Å². The molecule has 1 fully saturated rings. The fourth-order valence-corrected chi connectivity index (χ4v) is 3.14. The van der Waals surface area contributed by atoms with E-state index in [1.54, 1.807) is 35.1 Å². The number of carbonyl (C=O) groups is 2. The lowest BCUT2D eigenvalue weighted by molar-refractivity contribution is -0.125. The van der Waals surface area contributed by atoms with Gasteiger partial charge in [-0.3, -0.25) is 4.79 Å².